The fourth-order valence-electron chi connectivity index (χ4n) is 2.62. The molecule has 3 rings (SSSR count). The second-order valence-corrected chi connectivity index (χ2v) is 5.72. The molecular formula is C17H20N6O3. The molecule has 9 nitrogen and oxygen atoms in total. The lowest BCUT2D eigenvalue weighted by molar-refractivity contribution is 0.415. The van der Waals surface area contributed by atoms with Gasteiger partial charge >= 0.3 is 5.69 Å². The summed E-state index contributed by atoms with van der Waals surface area (Å²) in [4.78, 5) is 30.7. The van der Waals surface area contributed by atoms with Crippen molar-refractivity contribution >= 4 is 23.3 Å². The van der Waals surface area contributed by atoms with Crippen LogP contribution < -0.4 is 21.4 Å². The van der Waals surface area contributed by atoms with Crippen LogP contribution in [0.2, 0.25) is 0 Å². The molecule has 2 N–H and O–H groups in total. The average molecular weight is 356 g/mol. The minimum atomic E-state index is -0.503. The van der Waals surface area contributed by atoms with Gasteiger partial charge in [0.1, 0.15) is 5.75 Å². The molecule has 0 radical (unpaired) electrons. The predicted molar refractivity (Wildman–Crippen MR) is 100 cm³/mol. The molecule has 0 aliphatic rings. The highest BCUT2D eigenvalue weighted by Gasteiger charge is 2.16. The molecule has 2 heterocycles. The zero-order valence-corrected chi connectivity index (χ0v) is 14.8. The molecule has 0 aliphatic heterocycles. The number of rotatable bonds is 6. The standard InChI is InChI=1S/C17H20N6O3/c1-4-9-23-13-14(22(2)17(25)20-15(13)24)19-16(23)21-18-10-11-5-7-12(26-3)8-6-11/h5-8,10H,4,9H2,1-3H3,(H,19,21)(H,20,24,25)/b18-10-. The molecule has 9 heteroatoms. The number of aromatic amines is 1. The van der Waals surface area contributed by atoms with Crippen molar-refractivity contribution < 1.29 is 4.74 Å². The molecule has 1 aromatic carbocycles. The van der Waals surface area contributed by atoms with Gasteiger partial charge in [0.05, 0.1) is 13.3 Å². The lowest BCUT2D eigenvalue weighted by atomic mass is 10.2. The third-order valence-corrected chi connectivity index (χ3v) is 3.95. The Bertz CT molecular complexity index is 1060. The van der Waals surface area contributed by atoms with Gasteiger partial charge in [0, 0.05) is 13.6 Å². The zero-order valence-electron chi connectivity index (χ0n) is 14.8. The third-order valence-electron chi connectivity index (χ3n) is 3.95. The van der Waals surface area contributed by atoms with Gasteiger partial charge in [0.2, 0.25) is 5.95 Å². The molecule has 0 bridgehead atoms. The Hall–Kier alpha value is -3.36. The molecular weight excluding hydrogens is 336 g/mol. The van der Waals surface area contributed by atoms with E-state index in [1.54, 1.807) is 24.9 Å². The van der Waals surface area contributed by atoms with Crippen LogP contribution in [0.4, 0.5) is 5.95 Å². The van der Waals surface area contributed by atoms with Crippen molar-refractivity contribution in [1.82, 2.24) is 19.1 Å². The number of methoxy groups -OCH3 is 1. The number of aromatic nitrogens is 4. The molecule has 26 heavy (non-hydrogen) atoms. The molecule has 3 aromatic rings. The van der Waals surface area contributed by atoms with Crippen molar-refractivity contribution in [2.45, 2.75) is 19.9 Å². The van der Waals surface area contributed by atoms with Crippen LogP contribution in [-0.4, -0.2) is 32.4 Å². The normalized spacial score (nSPS) is 11.3. The van der Waals surface area contributed by atoms with E-state index < -0.39 is 11.2 Å². The first-order valence-corrected chi connectivity index (χ1v) is 8.17. The maximum Gasteiger partial charge on any atom is 0.329 e. The fourth-order valence-corrected chi connectivity index (χ4v) is 2.62. The van der Waals surface area contributed by atoms with E-state index in [1.807, 2.05) is 31.2 Å². The number of aryl methyl sites for hydroxylation is 2. The Morgan fingerprint density at radius 1 is 1.31 bits per heavy atom. The summed E-state index contributed by atoms with van der Waals surface area (Å²) in [5, 5.41) is 4.19. The van der Waals surface area contributed by atoms with Crippen LogP contribution in [0, 0.1) is 0 Å². The minimum absolute atomic E-state index is 0.314. The monoisotopic (exact) mass is 356 g/mol. The predicted octanol–water partition coefficient (Wildman–Crippen LogP) is 1.29. The van der Waals surface area contributed by atoms with Crippen LogP contribution in [0.15, 0.2) is 39.0 Å². The van der Waals surface area contributed by atoms with E-state index in [2.05, 4.69) is 20.5 Å². The fraction of sp³-hybridized carbons (Fsp3) is 0.294. The molecule has 0 fully saturated rings. The number of fused-ring (bicyclic) bond motifs is 1. The van der Waals surface area contributed by atoms with E-state index in [-0.39, 0.29) is 0 Å². The van der Waals surface area contributed by atoms with E-state index in [0.717, 1.165) is 17.7 Å². The maximum atomic E-state index is 12.2. The first kappa shape index (κ1) is 17.5. The highest BCUT2D eigenvalue weighted by molar-refractivity contribution is 5.80. The molecule has 0 saturated carbocycles. The number of benzene rings is 1. The number of nitrogens with zero attached hydrogens (tertiary/aromatic N) is 4. The minimum Gasteiger partial charge on any atom is -0.497 e. The van der Waals surface area contributed by atoms with Gasteiger partial charge in [-0.05, 0) is 36.2 Å². The van der Waals surface area contributed by atoms with E-state index in [9.17, 15) is 9.59 Å². The molecule has 0 aliphatic carbocycles. The third kappa shape index (κ3) is 3.23. The first-order valence-electron chi connectivity index (χ1n) is 8.17. The Kier molecular flexibility index (Phi) is 4.87. The number of H-pyrrole nitrogens is 1. The van der Waals surface area contributed by atoms with Crippen molar-refractivity contribution in [3.8, 4) is 5.75 Å². The summed E-state index contributed by atoms with van der Waals surface area (Å²) in [7, 11) is 3.17. The number of hydrogen-bond donors (Lipinski definition) is 2. The maximum absolute atomic E-state index is 12.2. The van der Waals surface area contributed by atoms with E-state index in [4.69, 9.17) is 4.74 Å². The van der Waals surface area contributed by atoms with Crippen molar-refractivity contribution in [3.63, 3.8) is 0 Å². The van der Waals surface area contributed by atoms with Gasteiger partial charge in [-0.15, -0.1) is 0 Å². The van der Waals surface area contributed by atoms with Crippen molar-refractivity contribution in [2.24, 2.45) is 12.1 Å². The summed E-state index contributed by atoms with van der Waals surface area (Å²) in [6, 6.07) is 7.41. The zero-order chi connectivity index (χ0) is 18.7. The second-order valence-electron chi connectivity index (χ2n) is 5.72. The topological polar surface area (TPSA) is 106 Å². The summed E-state index contributed by atoms with van der Waals surface area (Å²) in [6.45, 7) is 2.56. The second kappa shape index (κ2) is 7.26. The largest absolute Gasteiger partial charge is 0.497 e. The van der Waals surface area contributed by atoms with Gasteiger partial charge in [-0.2, -0.15) is 10.1 Å². The number of hydrogen-bond acceptors (Lipinski definition) is 6. The van der Waals surface area contributed by atoms with E-state index in [0.29, 0.717) is 23.7 Å². The smallest absolute Gasteiger partial charge is 0.329 e. The summed E-state index contributed by atoms with van der Waals surface area (Å²) in [6.07, 6.45) is 2.43. The molecule has 0 saturated heterocycles. The van der Waals surface area contributed by atoms with Gasteiger partial charge < -0.3 is 9.30 Å². The SMILES string of the molecule is CCCn1c(N/N=C\c2ccc(OC)cc2)nc2c1c(=O)[nH]c(=O)n2C. The van der Waals surface area contributed by atoms with Crippen molar-refractivity contribution in [2.75, 3.05) is 12.5 Å². The summed E-state index contributed by atoms with van der Waals surface area (Å²) in [5.74, 6) is 1.17. The summed E-state index contributed by atoms with van der Waals surface area (Å²) < 4.78 is 8.15. The average Bonchev–Trinajstić information content (AvgIpc) is 3.00. The quantitative estimate of drug-likeness (QED) is 0.511. The van der Waals surface area contributed by atoms with Gasteiger partial charge in [-0.3, -0.25) is 14.3 Å². The van der Waals surface area contributed by atoms with E-state index >= 15 is 0 Å². The number of imidazole rings is 1. The van der Waals surface area contributed by atoms with Crippen molar-refractivity contribution in [3.05, 3.63) is 50.7 Å². The number of nitrogens with one attached hydrogen (secondary N) is 2. The van der Waals surface area contributed by atoms with Crippen LogP contribution in [0.25, 0.3) is 11.2 Å². The molecule has 0 unspecified atom stereocenters. The highest BCUT2D eigenvalue weighted by Crippen LogP contribution is 2.16. The number of hydrazone groups is 1. The molecule has 0 atom stereocenters. The van der Waals surface area contributed by atoms with Crippen LogP contribution >= 0.6 is 0 Å². The lowest BCUT2D eigenvalue weighted by Gasteiger charge is -2.06. The Balaban J connectivity index is 1.96. The molecule has 0 spiro atoms. The van der Waals surface area contributed by atoms with Gasteiger partial charge in [0.25, 0.3) is 5.56 Å². The van der Waals surface area contributed by atoms with Gasteiger partial charge in [-0.1, -0.05) is 6.92 Å². The lowest BCUT2D eigenvalue weighted by Crippen LogP contribution is -2.29. The molecule has 0 amide bonds. The molecule has 2 aromatic heterocycles. The number of ether oxygens (including phenoxy) is 1. The van der Waals surface area contributed by atoms with Gasteiger partial charge in [0.15, 0.2) is 11.2 Å². The Morgan fingerprint density at radius 2 is 2.04 bits per heavy atom. The Labute approximate surface area is 148 Å². The Morgan fingerprint density at radius 3 is 2.69 bits per heavy atom. The summed E-state index contributed by atoms with van der Waals surface area (Å²) in [5.41, 5.74) is 3.43. The van der Waals surface area contributed by atoms with Crippen LogP contribution in [0.3, 0.4) is 0 Å². The van der Waals surface area contributed by atoms with Crippen LogP contribution in [-0.2, 0) is 13.6 Å². The van der Waals surface area contributed by atoms with E-state index in [1.165, 1.54) is 4.57 Å². The number of anilines is 1. The highest BCUT2D eigenvalue weighted by atomic mass is 16.5. The van der Waals surface area contributed by atoms with Crippen LogP contribution in [0.1, 0.15) is 18.9 Å². The first-order chi connectivity index (χ1) is 12.5. The summed E-state index contributed by atoms with van der Waals surface area (Å²) >= 11 is 0. The molecule has 136 valence electrons. The van der Waals surface area contributed by atoms with Crippen LogP contribution in [0.5, 0.6) is 5.75 Å². The van der Waals surface area contributed by atoms with Gasteiger partial charge in [-0.25, -0.2) is 10.2 Å². The van der Waals surface area contributed by atoms with Crippen molar-refractivity contribution in [1.29, 1.82) is 0 Å².